The average molecular weight is 683 g/mol. The normalized spacial score (nSPS) is 13.8. The quantitative estimate of drug-likeness (QED) is 0.118. The largest absolute Gasteiger partial charge is 1.00 e. The molecule has 0 amide bonds. The van der Waals surface area contributed by atoms with Gasteiger partial charge in [-0.3, -0.25) is 0 Å². The second-order valence-corrected chi connectivity index (χ2v) is 11.4. The Morgan fingerprint density at radius 3 is 1.12 bits per heavy atom. The number of halogens is 2. The summed E-state index contributed by atoms with van der Waals surface area (Å²) in [7, 11) is 0. The van der Waals surface area contributed by atoms with Crippen molar-refractivity contribution in [1.82, 2.24) is 0 Å². The molecule has 2 unspecified atom stereocenters. The maximum Gasteiger partial charge on any atom is 0.169 e. The third-order valence-electron chi connectivity index (χ3n) is 7.78. The number of hydrogen-bond donors (Lipinski definition) is 2. The van der Waals surface area contributed by atoms with Crippen LogP contribution in [0.1, 0.15) is 115 Å². The number of pyridine rings is 2. The fourth-order valence-electron chi connectivity index (χ4n) is 4.99. The lowest BCUT2D eigenvalue weighted by Gasteiger charge is -2.22. The summed E-state index contributed by atoms with van der Waals surface area (Å²) in [4.78, 5) is 0. The summed E-state index contributed by atoms with van der Waals surface area (Å²) in [6.45, 7) is 13.4. The molecule has 0 aromatic carbocycles. The maximum atomic E-state index is 10.6. The molecule has 0 bridgehead atoms. The van der Waals surface area contributed by atoms with E-state index in [1.165, 1.54) is 64.2 Å². The van der Waals surface area contributed by atoms with Crippen molar-refractivity contribution in [2.24, 2.45) is 0 Å². The van der Waals surface area contributed by atoms with Crippen molar-refractivity contribution >= 4 is 0 Å². The summed E-state index contributed by atoms with van der Waals surface area (Å²) < 4.78 is 4.46. The van der Waals surface area contributed by atoms with E-state index in [2.05, 4.69) is 71.3 Å². The number of aryl methyl sites for hydroxylation is 2. The van der Waals surface area contributed by atoms with E-state index in [1.54, 1.807) is 0 Å². The average Bonchev–Trinajstić information content (AvgIpc) is 2.92. The van der Waals surface area contributed by atoms with Gasteiger partial charge >= 0.3 is 0 Å². The predicted molar refractivity (Wildman–Crippen MR) is 157 cm³/mol. The van der Waals surface area contributed by atoms with Crippen LogP contribution in [0.4, 0.5) is 0 Å². The molecule has 2 aromatic rings. The minimum atomic E-state index is -0.784. The summed E-state index contributed by atoms with van der Waals surface area (Å²) in [5.41, 5.74) is 0.392. The van der Waals surface area contributed by atoms with Gasteiger partial charge in [-0.25, -0.2) is 9.13 Å². The summed E-state index contributed by atoms with van der Waals surface area (Å²) in [5.74, 6) is 0. The van der Waals surface area contributed by atoms with Crippen molar-refractivity contribution in [3.63, 3.8) is 0 Å². The first-order valence-electron chi connectivity index (χ1n) is 14.9. The number of rotatable bonds is 21. The Morgan fingerprint density at radius 1 is 0.575 bits per heavy atom. The van der Waals surface area contributed by atoms with E-state index in [0.29, 0.717) is 12.8 Å². The lowest BCUT2D eigenvalue weighted by atomic mass is 9.92. The number of unbranched alkanes of at least 4 members (excludes halogenated alkanes) is 9. The molecular formula is C34H54Br2N2O2. The molecule has 0 aliphatic heterocycles. The van der Waals surface area contributed by atoms with Gasteiger partial charge in [0, 0.05) is 37.1 Å². The maximum absolute atomic E-state index is 10.6. The summed E-state index contributed by atoms with van der Waals surface area (Å²) in [6.07, 6.45) is 28.2. The van der Waals surface area contributed by atoms with Crippen LogP contribution >= 0.6 is 0 Å². The van der Waals surface area contributed by atoms with Crippen LogP contribution in [0.5, 0.6) is 0 Å². The zero-order valence-corrected chi connectivity index (χ0v) is 28.2. The highest BCUT2D eigenvalue weighted by Gasteiger charge is 2.23. The smallest absolute Gasteiger partial charge is 0.169 e. The van der Waals surface area contributed by atoms with Gasteiger partial charge in [-0.2, -0.15) is 0 Å². The van der Waals surface area contributed by atoms with Gasteiger partial charge in [0.1, 0.15) is 13.1 Å². The zero-order chi connectivity index (χ0) is 27.7. The number of aromatic nitrogens is 2. The molecule has 0 spiro atoms. The monoisotopic (exact) mass is 680 g/mol. The topological polar surface area (TPSA) is 48.2 Å². The molecule has 4 nitrogen and oxygen atoms in total. The number of aliphatic hydroxyl groups is 2. The molecule has 2 atom stereocenters. The molecule has 0 saturated carbocycles. The van der Waals surface area contributed by atoms with Crippen LogP contribution in [0, 0.1) is 0 Å². The van der Waals surface area contributed by atoms with E-state index in [4.69, 9.17) is 0 Å². The molecular weight excluding hydrogens is 628 g/mol. The van der Waals surface area contributed by atoms with E-state index < -0.39 is 11.2 Å². The first-order valence-corrected chi connectivity index (χ1v) is 14.9. The van der Waals surface area contributed by atoms with Crippen molar-refractivity contribution in [2.75, 3.05) is 0 Å². The molecule has 0 aliphatic carbocycles. The van der Waals surface area contributed by atoms with Crippen LogP contribution in [0.2, 0.25) is 0 Å². The van der Waals surface area contributed by atoms with E-state index in [9.17, 15) is 10.2 Å². The second-order valence-electron chi connectivity index (χ2n) is 11.4. The van der Waals surface area contributed by atoms with Crippen molar-refractivity contribution in [3.8, 4) is 0 Å². The van der Waals surface area contributed by atoms with E-state index in [0.717, 1.165) is 37.1 Å². The van der Waals surface area contributed by atoms with Crippen molar-refractivity contribution in [1.29, 1.82) is 0 Å². The van der Waals surface area contributed by atoms with Gasteiger partial charge in [0.05, 0.1) is 11.2 Å². The predicted octanol–water partition coefficient (Wildman–Crippen LogP) is 1.22. The Bertz CT molecular complexity index is 850. The van der Waals surface area contributed by atoms with Crippen LogP contribution in [0.3, 0.4) is 0 Å². The molecule has 0 saturated heterocycles. The Hall–Kier alpha value is -1.34. The highest BCUT2D eigenvalue weighted by atomic mass is 79.9. The second kappa shape index (κ2) is 21.4. The van der Waals surface area contributed by atoms with Gasteiger partial charge in [-0.15, -0.1) is 13.2 Å². The zero-order valence-electron chi connectivity index (χ0n) is 25.0. The Morgan fingerprint density at radius 2 is 0.850 bits per heavy atom. The number of hydrogen-bond acceptors (Lipinski definition) is 2. The van der Waals surface area contributed by atoms with Gasteiger partial charge in [0.2, 0.25) is 0 Å². The first kappa shape index (κ1) is 38.7. The summed E-state index contributed by atoms with van der Waals surface area (Å²) >= 11 is 0. The number of nitrogens with zero attached hydrogens (tertiary/aromatic N) is 2. The molecule has 2 aromatic heterocycles. The van der Waals surface area contributed by atoms with Gasteiger partial charge in [0.15, 0.2) is 24.8 Å². The Kier molecular flexibility index (Phi) is 20.7. The SMILES string of the molecule is C=CCCC(C)(O)c1cc[n+](CCCCCCCCCCCC[n+]2ccc(C(C)(O)CCC=C)cc2)cc1.[Br-].[Br-]. The third kappa shape index (κ3) is 15.0. The van der Waals surface area contributed by atoms with Gasteiger partial charge in [0.25, 0.3) is 0 Å². The molecule has 2 N–H and O–H groups in total. The molecule has 0 aliphatic rings. The van der Waals surface area contributed by atoms with Crippen molar-refractivity contribution < 1.29 is 53.3 Å². The molecule has 40 heavy (non-hydrogen) atoms. The fourth-order valence-corrected chi connectivity index (χ4v) is 4.99. The summed E-state index contributed by atoms with van der Waals surface area (Å²) in [5, 5.41) is 21.2. The number of allylic oxidation sites excluding steroid dienone is 2. The standard InChI is InChI=1S/C34H54N2O2.2BrH/c1-5-7-23-33(3,37)31-19-27-35(28-20-31)25-17-15-13-11-9-10-12-14-16-18-26-36-29-21-32(22-30-36)34(4,38)24-8-6-2;;/h5-6,19-22,27-30,37-38H,1-2,7-18,23-26H2,3-4H3;2*1H/q+2;;/p-2. The Labute approximate surface area is 265 Å². The minimum absolute atomic E-state index is 0. The molecule has 6 heteroatoms. The van der Waals surface area contributed by atoms with Crippen LogP contribution < -0.4 is 43.1 Å². The van der Waals surface area contributed by atoms with Crippen LogP contribution in [0.15, 0.2) is 74.4 Å². The highest BCUT2D eigenvalue weighted by Crippen LogP contribution is 2.26. The molecule has 0 fully saturated rings. The fraction of sp³-hybridized carbons (Fsp3) is 0.588. The van der Waals surface area contributed by atoms with Gasteiger partial charge in [-0.1, -0.05) is 50.7 Å². The molecule has 2 heterocycles. The lowest BCUT2D eigenvalue weighted by molar-refractivity contribution is -0.697. The molecule has 2 rings (SSSR count). The summed E-state index contributed by atoms with van der Waals surface area (Å²) in [6, 6.07) is 8.21. The van der Waals surface area contributed by atoms with Crippen LogP contribution in [-0.4, -0.2) is 10.2 Å². The van der Waals surface area contributed by atoms with E-state index in [-0.39, 0.29) is 34.0 Å². The minimum Gasteiger partial charge on any atom is -1.00 e. The van der Waals surface area contributed by atoms with Crippen molar-refractivity contribution in [3.05, 3.63) is 85.5 Å². The molecule has 226 valence electrons. The van der Waals surface area contributed by atoms with E-state index in [1.807, 2.05) is 26.0 Å². The highest BCUT2D eigenvalue weighted by molar-refractivity contribution is 5.17. The van der Waals surface area contributed by atoms with E-state index >= 15 is 0 Å². The lowest BCUT2D eigenvalue weighted by Crippen LogP contribution is -3.00. The van der Waals surface area contributed by atoms with Crippen LogP contribution in [0.25, 0.3) is 0 Å². The third-order valence-corrected chi connectivity index (χ3v) is 7.78. The first-order chi connectivity index (χ1) is 18.3. The Balaban J connectivity index is 0.00000760. The molecule has 0 radical (unpaired) electrons. The van der Waals surface area contributed by atoms with Crippen molar-refractivity contribution in [2.45, 2.75) is 128 Å². The van der Waals surface area contributed by atoms with Gasteiger partial charge in [-0.05, 0) is 63.5 Å². The van der Waals surface area contributed by atoms with Gasteiger partial charge < -0.3 is 44.2 Å². The van der Waals surface area contributed by atoms with Crippen LogP contribution in [-0.2, 0) is 24.3 Å².